The highest BCUT2D eigenvalue weighted by molar-refractivity contribution is 6.76. The fourth-order valence-corrected chi connectivity index (χ4v) is 2.59. The van der Waals surface area contributed by atoms with Crippen LogP contribution in [-0.2, 0) is 11.0 Å². The van der Waals surface area contributed by atoms with Crippen molar-refractivity contribution < 1.29 is 18.0 Å². The molecule has 1 amide bonds. The molecule has 1 aromatic heterocycles. The molecule has 0 aliphatic heterocycles. The topological polar surface area (TPSA) is 48.8 Å². The molecule has 0 bridgehead atoms. The Kier molecular flexibility index (Phi) is 7.03. The maximum Gasteiger partial charge on any atom is 0.416 e. The first-order chi connectivity index (χ1) is 13.3. The summed E-state index contributed by atoms with van der Waals surface area (Å²) in [4.78, 5) is 17.6. The van der Waals surface area contributed by atoms with Gasteiger partial charge in [-0.3, -0.25) is 4.79 Å². The van der Waals surface area contributed by atoms with E-state index < -0.39 is 21.4 Å². The number of carbonyl (C=O) groups excluding carboxylic acids is 1. The third-order valence-electron chi connectivity index (χ3n) is 3.70. The van der Waals surface area contributed by atoms with Crippen molar-refractivity contribution in [3.05, 3.63) is 47.5 Å². The molecule has 1 heterocycles. The van der Waals surface area contributed by atoms with Crippen molar-refractivity contribution in [3.8, 4) is 11.3 Å². The quantitative estimate of drug-likeness (QED) is 0.361. The molecule has 1 aromatic carbocycles. The predicted octanol–water partition coefficient (Wildman–Crippen LogP) is 5.00. The number of carbonyl (C=O) groups is 1. The Labute approximate surface area is 180 Å². The van der Waals surface area contributed by atoms with Gasteiger partial charge in [0.15, 0.2) is 0 Å². The number of benzene rings is 1. The van der Waals surface area contributed by atoms with Gasteiger partial charge in [-0.2, -0.15) is 18.3 Å². The van der Waals surface area contributed by atoms with Crippen LogP contribution in [0.3, 0.4) is 0 Å². The Balaban J connectivity index is 2.40. The monoisotopic (exact) mass is 466 g/mol. The number of aromatic nitrogens is 1. The van der Waals surface area contributed by atoms with Gasteiger partial charge in [-0.25, -0.2) is 9.99 Å². The standard InChI is InChI=1S/C18H16Cl3F3N4O/c1-27(2)15-9-13(18(22,23)24)8-14(26-15)12-6-4-5-11(7-12)10-25-28(3)16(29)17(19,20)21/h4-10H,1-3H3/b25-10-. The van der Waals surface area contributed by atoms with E-state index in [4.69, 9.17) is 34.8 Å². The molecule has 2 rings (SSSR count). The van der Waals surface area contributed by atoms with Crippen molar-refractivity contribution >= 4 is 52.7 Å². The Hall–Kier alpha value is -2.03. The highest BCUT2D eigenvalue weighted by atomic mass is 35.6. The molecule has 0 saturated heterocycles. The van der Waals surface area contributed by atoms with Crippen LogP contribution >= 0.6 is 34.8 Å². The molecule has 0 saturated carbocycles. The predicted molar refractivity (Wildman–Crippen MR) is 110 cm³/mol. The highest BCUT2D eigenvalue weighted by Gasteiger charge is 2.34. The van der Waals surface area contributed by atoms with Crippen molar-refractivity contribution in [2.24, 2.45) is 5.10 Å². The van der Waals surface area contributed by atoms with Gasteiger partial charge < -0.3 is 4.90 Å². The number of pyridine rings is 1. The molecule has 0 aliphatic carbocycles. The lowest BCUT2D eigenvalue weighted by molar-refractivity contribution is -0.137. The van der Waals surface area contributed by atoms with Crippen LogP contribution in [0.15, 0.2) is 41.5 Å². The molecule has 11 heteroatoms. The van der Waals surface area contributed by atoms with Gasteiger partial charge >= 0.3 is 6.18 Å². The first kappa shape index (κ1) is 23.3. The molecule has 0 unspecified atom stereocenters. The molecule has 0 aliphatic rings. The van der Waals surface area contributed by atoms with E-state index in [1.165, 1.54) is 18.2 Å². The lowest BCUT2D eigenvalue weighted by Gasteiger charge is -2.17. The molecule has 0 fully saturated rings. The highest BCUT2D eigenvalue weighted by Crippen LogP contribution is 2.34. The summed E-state index contributed by atoms with van der Waals surface area (Å²) in [6, 6.07) is 8.44. The lowest BCUT2D eigenvalue weighted by atomic mass is 10.1. The Morgan fingerprint density at radius 2 is 1.76 bits per heavy atom. The third kappa shape index (κ3) is 6.22. The largest absolute Gasteiger partial charge is 0.416 e. The van der Waals surface area contributed by atoms with E-state index in [0.29, 0.717) is 11.1 Å². The van der Waals surface area contributed by atoms with Gasteiger partial charge in [0.1, 0.15) is 5.82 Å². The smallest absolute Gasteiger partial charge is 0.363 e. The van der Waals surface area contributed by atoms with E-state index in [-0.39, 0.29) is 11.5 Å². The summed E-state index contributed by atoms with van der Waals surface area (Å²) >= 11 is 16.6. The van der Waals surface area contributed by atoms with Crippen LogP contribution in [0.5, 0.6) is 0 Å². The Morgan fingerprint density at radius 1 is 1.10 bits per heavy atom. The summed E-state index contributed by atoms with van der Waals surface area (Å²) in [5.74, 6) is -0.688. The van der Waals surface area contributed by atoms with Crippen molar-refractivity contribution in [1.29, 1.82) is 0 Å². The molecule has 29 heavy (non-hydrogen) atoms. The zero-order valence-electron chi connectivity index (χ0n) is 15.5. The molecular weight excluding hydrogens is 452 g/mol. The van der Waals surface area contributed by atoms with E-state index in [1.807, 2.05) is 0 Å². The maximum atomic E-state index is 13.3. The van der Waals surface area contributed by atoms with Gasteiger partial charge in [0.25, 0.3) is 9.70 Å². The van der Waals surface area contributed by atoms with Crippen LogP contribution < -0.4 is 4.90 Å². The number of hydrogen-bond acceptors (Lipinski definition) is 4. The molecule has 0 radical (unpaired) electrons. The molecule has 5 nitrogen and oxygen atoms in total. The van der Waals surface area contributed by atoms with Crippen LogP contribution in [0.25, 0.3) is 11.3 Å². The summed E-state index contributed by atoms with van der Waals surface area (Å²) < 4.78 is 37.6. The van der Waals surface area contributed by atoms with Crippen molar-refractivity contribution in [3.63, 3.8) is 0 Å². The molecule has 2 aromatic rings. The van der Waals surface area contributed by atoms with Crippen LogP contribution in [0.4, 0.5) is 19.0 Å². The van der Waals surface area contributed by atoms with Gasteiger partial charge in [0.05, 0.1) is 17.5 Å². The van der Waals surface area contributed by atoms with Crippen molar-refractivity contribution in [2.75, 3.05) is 26.0 Å². The van der Waals surface area contributed by atoms with E-state index >= 15 is 0 Å². The Bertz CT molecular complexity index is 927. The first-order valence-corrected chi connectivity index (χ1v) is 9.18. The van der Waals surface area contributed by atoms with Gasteiger partial charge in [0, 0.05) is 26.7 Å². The average Bonchev–Trinajstić information content (AvgIpc) is 2.63. The second-order valence-corrected chi connectivity index (χ2v) is 8.47. The van der Waals surface area contributed by atoms with E-state index in [9.17, 15) is 18.0 Å². The zero-order chi connectivity index (χ0) is 22.0. The summed E-state index contributed by atoms with van der Waals surface area (Å²) in [7, 11) is 4.52. The molecular formula is C18H16Cl3F3N4O. The number of amides is 1. The lowest BCUT2D eigenvalue weighted by Crippen LogP contribution is -2.32. The minimum absolute atomic E-state index is 0.143. The number of anilines is 1. The van der Waals surface area contributed by atoms with E-state index in [0.717, 1.165) is 17.1 Å². The summed E-state index contributed by atoms with van der Waals surface area (Å²) in [5.41, 5.74) is 0.290. The van der Waals surface area contributed by atoms with Crippen LogP contribution in [0, 0.1) is 0 Å². The van der Waals surface area contributed by atoms with Gasteiger partial charge in [0.2, 0.25) is 0 Å². The number of hydrazone groups is 1. The van der Waals surface area contributed by atoms with Crippen LogP contribution in [0.1, 0.15) is 11.1 Å². The summed E-state index contributed by atoms with van der Waals surface area (Å²) in [5, 5.41) is 4.75. The van der Waals surface area contributed by atoms with Crippen LogP contribution in [-0.4, -0.2) is 47.1 Å². The fourth-order valence-electron chi connectivity index (χ4n) is 2.22. The summed E-state index contributed by atoms with van der Waals surface area (Å²) in [6.45, 7) is 0. The number of halogens is 6. The molecule has 0 N–H and O–H groups in total. The first-order valence-electron chi connectivity index (χ1n) is 8.05. The number of nitrogens with zero attached hydrogens (tertiary/aromatic N) is 4. The third-order valence-corrected chi connectivity index (χ3v) is 4.18. The molecule has 0 atom stereocenters. The van der Waals surface area contributed by atoms with Crippen molar-refractivity contribution in [1.82, 2.24) is 9.99 Å². The van der Waals surface area contributed by atoms with Crippen LogP contribution in [0.2, 0.25) is 0 Å². The molecule has 156 valence electrons. The second-order valence-electron chi connectivity index (χ2n) is 6.19. The van der Waals surface area contributed by atoms with Gasteiger partial charge in [-0.05, 0) is 23.8 Å². The van der Waals surface area contributed by atoms with Gasteiger partial charge in [-0.15, -0.1) is 0 Å². The van der Waals surface area contributed by atoms with Gasteiger partial charge in [-0.1, -0.05) is 53.0 Å². The van der Waals surface area contributed by atoms with E-state index in [1.54, 1.807) is 38.4 Å². The SMILES string of the molecule is CN(/N=C\c1cccc(-c2cc(C(F)(F)F)cc(N(C)C)n2)c1)C(=O)C(Cl)(Cl)Cl. The number of rotatable bonds is 4. The molecule has 0 spiro atoms. The fraction of sp³-hybridized carbons (Fsp3) is 0.278. The minimum atomic E-state index is -4.51. The maximum absolute atomic E-state index is 13.3. The zero-order valence-corrected chi connectivity index (χ0v) is 17.8. The van der Waals surface area contributed by atoms with Crippen molar-refractivity contribution in [2.45, 2.75) is 9.97 Å². The summed E-state index contributed by atoms with van der Waals surface area (Å²) in [6.07, 6.45) is -3.19. The average molecular weight is 468 g/mol. The second kappa shape index (κ2) is 8.77. The Morgan fingerprint density at radius 3 is 2.31 bits per heavy atom. The number of hydrogen-bond donors (Lipinski definition) is 0. The van der Waals surface area contributed by atoms with E-state index in [2.05, 4.69) is 10.1 Å². The normalized spacial score (nSPS) is 12.3. The minimum Gasteiger partial charge on any atom is -0.363 e. The number of alkyl halides is 6.